The molecule has 3 aromatic heterocycles. The summed E-state index contributed by atoms with van der Waals surface area (Å²) < 4.78 is 5.20. The monoisotopic (exact) mass is 348 g/mol. The molecule has 132 valence electrons. The van der Waals surface area contributed by atoms with Crippen molar-refractivity contribution in [2.45, 2.75) is 19.7 Å². The number of carbonyl (C=O) groups is 1. The van der Waals surface area contributed by atoms with Gasteiger partial charge in [-0.25, -0.2) is 0 Å². The molecule has 1 amide bonds. The molecule has 3 rings (SSSR count). The van der Waals surface area contributed by atoms with Crippen LogP contribution in [0.25, 0.3) is 0 Å². The zero-order valence-corrected chi connectivity index (χ0v) is 14.6. The van der Waals surface area contributed by atoms with Gasteiger partial charge in [-0.1, -0.05) is 18.2 Å². The van der Waals surface area contributed by atoms with E-state index < -0.39 is 0 Å². The van der Waals surface area contributed by atoms with E-state index in [0.29, 0.717) is 25.4 Å². The van der Waals surface area contributed by atoms with Crippen molar-refractivity contribution in [3.05, 3.63) is 89.8 Å². The van der Waals surface area contributed by atoms with Crippen LogP contribution in [0.1, 0.15) is 27.4 Å². The molecule has 3 aromatic rings. The highest BCUT2D eigenvalue weighted by molar-refractivity contribution is 5.93. The van der Waals surface area contributed by atoms with Crippen molar-refractivity contribution >= 4 is 5.91 Å². The predicted molar refractivity (Wildman–Crippen MR) is 97.0 cm³/mol. The van der Waals surface area contributed by atoms with Gasteiger partial charge in [-0.05, 0) is 30.3 Å². The molecule has 0 aliphatic rings. The number of nitrogens with zero attached hydrogens (tertiary/aromatic N) is 4. The number of aromatic nitrogens is 3. The summed E-state index contributed by atoms with van der Waals surface area (Å²) in [5, 5.41) is 0. The third kappa shape index (κ3) is 4.49. The number of rotatable bonds is 7. The van der Waals surface area contributed by atoms with Crippen LogP contribution in [0.2, 0.25) is 0 Å². The van der Waals surface area contributed by atoms with Crippen LogP contribution in [0, 0.1) is 0 Å². The third-order valence-electron chi connectivity index (χ3n) is 3.84. The van der Waals surface area contributed by atoms with Gasteiger partial charge in [0, 0.05) is 31.3 Å². The Balaban J connectivity index is 1.90. The fraction of sp³-hybridized carbons (Fsp3) is 0.200. The van der Waals surface area contributed by atoms with E-state index in [-0.39, 0.29) is 5.91 Å². The molecule has 0 saturated heterocycles. The topological polar surface area (TPSA) is 68.2 Å². The second-order valence-electron chi connectivity index (χ2n) is 5.75. The lowest BCUT2D eigenvalue weighted by Gasteiger charge is -2.22. The number of ether oxygens (including phenoxy) is 1. The number of pyridine rings is 3. The van der Waals surface area contributed by atoms with Crippen molar-refractivity contribution in [1.82, 2.24) is 19.9 Å². The van der Waals surface area contributed by atoms with E-state index in [9.17, 15) is 4.79 Å². The molecule has 26 heavy (non-hydrogen) atoms. The first-order chi connectivity index (χ1) is 12.8. The van der Waals surface area contributed by atoms with Crippen molar-refractivity contribution in [3.63, 3.8) is 0 Å². The van der Waals surface area contributed by atoms with Crippen molar-refractivity contribution in [2.24, 2.45) is 0 Å². The fourth-order valence-electron chi connectivity index (χ4n) is 2.63. The van der Waals surface area contributed by atoms with Crippen LogP contribution in [0.5, 0.6) is 0 Å². The van der Waals surface area contributed by atoms with E-state index >= 15 is 0 Å². The second-order valence-corrected chi connectivity index (χ2v) is 5.75. The van der Waals surface area contributed by atoms with Gasteiger partial charge in [-0.2, -0.15) is 0 Å². The highest BCUT2D eigenvalue weighted by Gasteiger charge is 2.21. The van der Waals surface area contributed by atoms with Gasteiger partial charge in [0.25, 0.3) is 5.91 Å². The molecule has 6 heteroatoms. The molecular weight excluding hydrogens is 328 g/mol. The first kappa shape index (κ1) is 17.7. The lowest BCUT2D eigenvalue weighted by atomic mass is 10.1. The van der Waals surface area contributed by atoms with Crippen molar-refractivity contribution in [2.75, 3.05) is 7.11 Å². The van der Waals surface area contributed by atoms with Gasteiger partial charge in [-0.3, -0.25) is 19.7 Å². The van der Waals surface area contributed by atoms with Crippen LogP contribution in [-0.4, -0.2) is 32.9 Å². The standard InChI is InChI=1S/C20H20N4O2/c1-26-15-16-7-6-12-23-19(16)20(25)24(13-17-8-2-4-10-21-17)14-18-9-3-5-11-22-18/h2-12H,13-15H2,1H3. The maximum absolute atomic E-state index is 13.2. The summed E-state index contributed by atoms with van der Waals surface area (Å²) >= 11 is 0. The van der Waals surface area contributed by atoms with Crippen molar-refractivity contribution < 1.29 is 9.53 Å². The largest absolute Gasteiger partial charge is 0.380 e. The van der Waals surface area contributed by atoms with E-state index in [1.165, 1.54) is 0 Å². The summed E-state index contributed by atoms with van der Waals surface area (Å²) in [6.07, 6.45) is 5.05. The average Bonchev–Trinajstić information content (AvgIpc) is 2.69. The Kier molecular flexibility index (Phi) is 6.01. The zero-order valence-electron chi connectivity index (χ0n) is 14.6. The normalized spacial score (nSPS) is 10.5. The number of hydrogen-bond donors (Lipinski definition) is 0. The van der Waals surface area contributed by atoms with Crippen molar-refractivity contribution in [3.8, 4) is 0 Å². The molecule has 6 nitrogen and oxygen atoms in total. The fourth-order valence-corrected chi connectivity index (χ4v) is 2.63. The van der Waals surface area contributed by atoms with Crippen LogP contribution in [0.15, 0.2) is 67.1 Å². The van der Waals surface area contributed by atoms with Gasteiger partial charge in [-0.15, -0.1) is 0 Å². The first-order valence-corrected chi connectivity index (χ1v) is 8.30. The molecule has 0 aromatic carbocycles. The smallest absolute Gasteiger partial charge is 0.273 e. The Morgan fingerprint density at radius 2 is 1.50 bits per heavy atom. The molecule has 0 fully saturated rings. The molecule has 0 unspecified atom stereocenters. The highest BCUT2D eigenvalue weighted by atomic mass is 16.5. The van der Waals surface area contributed by atoms with Gasteiger partial charge >= 0.3 is 0 Å². The Bertz CT molecular complexity index is 799. The maximum atomic E-state index is 13.2. The van der Waals surface area contributed by atoms with E-state index in [1.54, 1.807) is 36.7 Å². The molecule has 0 radical (unpaired) electrons. The molecule has 0 aliphatic heterocycles. The van der Waals surface area contributed by atoms with Crippen LogP contribution < -0.4 is 0 Å². The third-order valence-corrected chi connectivity index (χ3v) is 3.84. The maximum Gasteiger partial charge on any atom is 0.273 e. The van der Waals surface area contributed by atoms with Gasteiger partial charge in [0.1, 0.15) is 5.69 Å². The summed E-state index contributed by atoms with van der Waals surface area (Å²) in [6.45, 7) is 1.08. The van der Waals surface area contributed by atoms with E-state index in [4.69, 9.17) is 4.74 Å². The summed E-state index contributed by atoms with van der Waals surface area (Å²) in [6, 6.07) is 15.0. The highest BCUT2D eigenvalue weighted by Crippen LogP contribution is 2.15. The zero-order chi connectivity index (χ0) is 18.2. The molecule has 0 atom stereocenters. The lowest BCUT2D eigenvalue weighted by Crippen LogP contribution is -2.32. The summed E-state index contributed by atoms with van der Waals surface area (Å²) in [5.74, 6) is -0.172. The molecule has 0 spiro atoms. The Labute approximate surface area is 152 Å². The van der Waals surface area contributed by atoms with Gasteiger partial charge in [0.2, 0.25) is 0 Å². The molecule has 0 bridgehead atoms. The number of carbonyl (C=O) groups excluding carboxylic acids is 1. The lowest BCUT2D eigenvalue weighted by molar-refractivity contribution is 0.0714. The van der Waals surface area contributed by atoms with Gasteiger partial charge in [0.15, 0.2) is 0 Å². The van der Waals surface area contributed by atoms with E-state index in [0.717, 1.165) is 17.0 Å². The van der Waals surface area contributed by atoms with Gasteiger partial charge in [0.05, 0.1) is 31.1 Å². The van der Waals surface area contributed by atoms with Crippen LogP contribution in [-0.2, 0) is 24.4 Å². The quantitative estimate of drug-likeness (QED) is 0.657. The number of amides is 1. The second kappa shape index (κ2) is 8.82. The summed E-state index contributed by atoms with van der Waals surface area (Å²) in [4.78, 5) is 27.9. The minimum Gasteiger partial charge on any atom is -0.380 e. The SMILES string of the molecule is COCc1cccnc1C(=O)N(Cc1ccccn1)Cc1ccccn1. The number of hydrogen-bond acceptors (Lipinski definition) is 5. The minimum atomic E-state index is -0.172. The Morgan fingerprint density at radius 3 is 2.04 bits per heavy atom. The van der Waals surface area contributed by atoms with Crippen LogP contribution in [0.4, 0.5) is 0 Å². The molecule has 0 saturated carbocycles. The van der Waals surface area contributed by atoms with Crippen molar-refractivity contribution in [1.29, 1.82) is 0 Å². The van der Waals surface area contributed by atoms with Crippen LogP contribution >= 0.6 is 0 Å². The first-order valence-electron chi connectivity index (χ1n) is 8.30. The van der Waals surface area contributed by atoms with E-state index in [2.05, 4.69) is 15.0 Å². The van der Waals surface area contributed by atoms with Crippen LogP contribution in [0.3, 0.4) is 0 Å². The molecule has 0 aliphatic carbocycles. The predicted octanol–water partition coefficient (Wildman–Crippen LogP) is 2.86. The summed E-state index contributed by atoms with van der Waals surface area (Å²) in [7, 11) is 1.60. The Hall–Kier alpha value is -3.12. The van der Waals surface area contributed by atoms with E-state index in [1.807, 2.05) is 42.5 Å². The van der Waals surface area contributed by atoms with Gasteiger partial charge < -0.3 is 9.64 Å². The summed E-state index contributed by atoms with van der Waals surface area (Å²) in [5.41, 5.74) is 2.76. The molecular formula is C20H20N4O2. The molecule has 3 heterocycles. The minimum absolute atomic E-state index is 0.172. The Morgan fingerprint density at radius 1 is 0.885 bits per heavy atom. The molecule has 0 N–H and O–H groups in total. The number of methoxy groups -OCH3 is 1. The average molecular weight is 348 g/mol.